The second-order valence-corrected chi connectivity index (χ2v) is 3.93. The molecule has 0 aromatic heterocycles. The standard InChI is InChI=1S/C8H15NO2S/c1-6(2)9-8(11)7(3)12-5-4-10/h3,6-7,10H,4-5H2,1-2H3,(H,9,11). The Morgan fingerprint density at radius 3 is 2.67 bits per heavy atom. The van der Waals surface area contributed by atoms with Gasteiger partial charge in [0.25, 0.3) is 0 Å². The van der Waals surface area contributed by atoms with Crippen LogP contribution in [0.15, 0.2) is 0 Å². The normalized spacial score (nSPS) is 13.1. The quantitative estimate of drug-likeness (QED) is 0.654. The Morgan fingerprint density at radius 1 is 1.67 bits per heavy atom. The van der Waals surface area contributed by atoms with Crippen molar-refractivity contribution in [2.45, 2.75) is 25.1 Å². The Balaban J connectivity index is 3.61. The second kappa shape index (κ2) is 6.31. The van der Waals surface area contributed by atoms with Gasteiger partial charge in [-0.05, 0) is 20.8 Å². The van der Waals surface area contributed by atoms with Crippen molar-refractivity contribution >= 4 is 17.7 Å². The Labute approximate surface area is 77.9 Å². The van der Waals surface area contributed by atoms with E-state index in [9.17, 15) is 4.79 Å². The van der Waals surface area contributed by atoms with Gasteiger partial charge in [0.1, 0.15) is 0 Å². The molecule has 0 rings (SSSR count). The minimum Gasteiger partial charge on any atom is -0.396 e. The summed E-state index contributed by atoms with van der Waals surface area (Å²) in [5.74, 6) is 0.315. The van der Waals surface area contributed by atoms with Gasteiger partial charge in [0.2, 0.25) is 5.91 Å². The first-order valence-corrected chi connectivity index (χ1v) is 4.91. The lowest BCUT2D eigenvalue weighted by Crippen LogP contribution is -2.36. The molecule has 2 N–H and O–H groups in total. The molecule has 0 spiro atoms. The van der Waals surface area contributed by atoms with Crippen molar-refractivity contribution in [2.24, 2.45) is 0 Å². The smallest absolute Gasteiger partial charge is 0.233 e. The molecule has 1 amide bonds. The van der Waals surface area contributed by atoms with Crippen LogP contribution < -0.4 is 5.32 Å². The molecule has 0 aliphatic rings. The van der Waals surface area contributed by atoms with E-state index in [0.29, 0.717) is 5.75 Å². The topological polar surface area (TPSA) is 49.3 Å². The lowest BCUT2D eigenvalue weighted by molar-refractivity contribution is -0.120. The van der Waals surface area contributed by atoms with Gasteiger partial charge in [-0.2, -0.15) is 0 Å². The zero-order chi connectivity index (χ0) is 9.56. The van der Waals surface area contributed by atoms with E-state index in [1.54, 1.807) is 0 Å². The number of aliphatic hydroxyl groups excluding tert-OH is 1. The van der Waals surface area contributed by atoms with Gasteiger partial charge in [0, 0.05) is 11.8 Å². The largest absolute Gasteiger partial charge is 0.396 e. The first-order valence-electron chi connectivity index (χ1n) is 3.86. The average molecular weight is 189 g/mol. The first-order chi connectivity index (χ1) is 5.57. The van der Waals surface area contributed by atoms with Gasteiger partial charge in [-0.15, -0.1) is 11.8 Å². The molecule has 70 valence electrons. The number of nitrogens with one attached hydrogen (secondary N) is 1. The molecule has 0 bridgehead atoms. The highest BCUT2D eigenvalue weighted by Gasteiger charge is 2.13. The van der Waals surface area contributed by atoms with E-state index < -0.39 is 5.25 Å². The van der Waals surface area contributed by atoms with Crippen molar-refractivity contribution in [3.63, 3.8) is 0 Å². The summed E-state index contributed by atoms with van der Waals surface area (Å²) in [6.45, 7) is 9.29. The van der Waals surface area contributed by atoms with Crippen molar-refractivity contribution in [1.29, 1.82) is 0 Å². The molecule has 4 heteroatoms. The number of amides is 1. The first kappa shape index (κ1) is 11.8. The highest BCUT2D eigenvalue weighted by atomic mass is 32.2. The summed E-state index contributed by atoms with van der Waals surface area (Å²) in [5.41, 5.74) is 0. The molecule has 0 aliphatic heterocycles. The molecule has 0 saturated heterocycles. The third-order valence-electron chi connectivity index (χ3n) is 1.08. The molecule has 0 fully saturated rings. The van der Waals surface area contributed by atoms with Gasteiger partial charge in [0.05, 0.1) is 11.9 Å². The highest BCUT2D eigenvalue weighted by Crippen LogP contribution is 2.08. The summed E-state index contributed by atoms with van der Waals surface area (Å²) < 4.78 is 0. The predicted molar refractivity (Wildman–Crippen MR) is 50.9 cm³/mol. The molecule has 1 atom stereocenters. The van der Waals surface area contributed by atoms with Crippen molar-refractivity contribution in [1.82, 2.24) is 5.32 Å². The van der Waals surface area contributed by atoms with Crippen LogP contribution in [0.5, 0.6) is 0 Å². The lowest BCUT2D eigenvalue weighted by atomic mass is 10.3. The fourth-order valence-electron chi connectivity index (χ4n) is 0.622. The van der Waals surface area contributed by atoms with E-state index >= 15 is 0 Å². The number of aliphatic hydroxyl groups is 1. The number of hydrogen-bond donors (Lipinski definition) is 2. The lowest BCUT2D eigenvalue weighted by Gasteiger charge is -2.13. The predicted octanol–water partition coefficient (Wildman–Crippen LogP) is 0.316. The Kier molecular flexibility index (Phi) is 6.20. The summed E-state index contributed by atoms with van der Waals surface area (Å²) >= 11 is 1.24. The van der Waals surface area contributed by atoms with Crippen LogP contribution >= 0.6 is 11.8 Å². The minimum atomic E-state index is -0.570. The molecular weight excluding hydrogens is 174 g/mol. The number of thioether (sulfide) groups is 1. The molecule has 0 aromatic carbocycles. The summed E-state index contributed by atoms with van der Waals surface area (Å²) in [5, 5.41) is 10.6. The van der Waals surface area contributed by atoms with Crippen LogP contribution in [-0.2, 0) is 4.79 Å². The maximum atomic E-state index is 11.1. The van der Waals surface area contributed by atoms with Crippen molar-refractivity contribution in [3.8, 4) is 0 Å². The van der Waals surface area contributed by atoms with E-state index in [2.05, 4.69) is 5.32 Å². The molecule has 12 heavy (non-hydrogen) atoms. The van der Waals surface area contributed by atoms with Crippen LogP contribution in [0, 0.1) is 6.92 Å². The zero-order valence-electron chi connectivity index (χ0n) is 7.41. The molecule has 2 radical (unpaired) electrons. The van der Waals surface area contributed by atoms with Gasteiger partial charge >= 0.3 is 0 Å². The van der Waals surface area contributed by atoms with Crippen LogP contribution in [-0.4, -0.2) is 34.7 Å². The number of carbonyl (C=O) groups excluding carboxylic acids is 1. The van der Waals surface area contributed by atoms with Gasteiger partial charge < -0.3 is 10.4 Å². The Hall–Kier alpha value is -0.220. The van der Waals surface area contributed by atoms with Gasteiger partial charge in [-0.25, -0.2) is 0 Å². The van der Waals surface area contributed by atoms with Gasteiger partial charge in [0.15, 0.2) is 0 Å². The second-order valence-electron chi connectivity index (χ2n) is 2.68. The number of hydrogen-bond acceptors (Lipinski definition) is 3. The van der Waals surface area contributed by atoms with Crippen LogP contribution in [0.4, 0.5) is 0 Å². The molecule has 0 aliphatic carbocycles. The third kappa shape index (κ3) is 5.43. The van der Waals surface area contributed by atoms with E-state index in [1.807, 2.05) is 13.8 Å². The molecular formula is C8H15NO2S. The fraction of sp³-hybridized carbons (Fsp3) is 0.750. The molecule has 0 aromatic rings. The molecule has 1 unspecified atom stereocenters. The monoisotopic (exact) mass is 189 g/mol. The maximum Gasteiger partial charge on any atom is 0.233 e. The fourth-order valence-corrected chi connectivity index (χ4v) is 1.20. The van der Waals surface area contributed by atoms with Crippen molar-refractivity contribution in [3.05, 3.63) is 6.92 Å². The van der Waals surface area contributed by atoms with Gasteiger partial charge in [-0.1, -0.05) is 0 Å². The maximum absolute atomic E-state index is 11.1. The van der Waals surface area contributed by atoms with E-state index in [1.165, 1.54) is 11.8 Å². The average Bonchev–Trinajstić information content (AvgIpc) is 1.98. The zero-order valence-corrected chi connectivity index (χ0v) is 8.23. The van der Waals surface area contributed by atoms with Crippen LogP contribution in [0.3, 0.4) is 0 Å². The molecule has 0 saturated carbocycles. The Morgan fingerprint density at radius 2 is 2.25 bits per heavy atom. The summed E-state index contributed by atoms with van der Waals surface area (Å²) in [6.07, 6.45) is 0. The number of carbonyl (C=O) groups is 1. The Bertz CT molecular complexity index is 139. The van der Waals surface area contributed by atoms with E-state index in [-0.39, 0.29) is 18.6 Å². The van der Waals surface area contributed by atoms with Crippen LogP contribution in [0.2, 0.25) is 0 Å². The highest BCUT2D eigenvalue weighted by molar-refractivity contribution is 8.00. The van der Waals surface area contributed by atoms with Gasteiger partial charge in [-0.3, -0.25) is 4.79 Å². The minimum absolute atomic E-state index is 0.0489. The van der Waals surface area contributed by atoms with Crippen molar-refractivity contribution in [2.75, 3.05) is 12.4 Å². The van der Waals surface area contributed by atoms with Crippen LogP contribution in [0.1, 0.15) is 13.8 Å². The summed E-state index contributed by atoms with van der Waals surface area (Å²) in [6, 6.07) is 0.110. The van der Waals surface area contributed by atoms with E-state index in [0.717, 1.165) is 0 Å². The van der Waals surface area contributed by atoms with Crippen LogP contribution in [0.25, 0.3) is 0 Å². The number of rotatable bonds is 5. The summed E-state index contributed by atoms with van der Waals surface area (Å²) in [7, 11) is 0. The summed E-state index contributed by atoms with van der Waals surface area (Å²) in [4.78, 5) is 11.1. The SMILES string of the molecule is [CH]C(SCCO)C(=O)NC(C)C. The third-order valence-corrected chi connectivity index (χ3v) is 2.07. The van der Waals surface area contributed by atoms with Crippen molar-refractivity contribution < 1.29 is 9.90 Å². The molecule has 3 nitrogen and oxygen atoms in total. The van der Waals surface area contributed by atoms with E-state index in [4.69, 9.17) is 12.0 Å². The molecule has 0 heterocycles.